The third-order valence-corrected chi connectivity index (χ3v) is 4.87. The molecule has 2 aromatic carbocycles. The average Bonchev–Trinajstić information content (AvgIpc) is 2.67. The maximum Gasteiger partial charge on any atom is 0.282 e. The van der Waals surface area contributed by atoms with Crippen LogP contribution in [0.4, 0.5) is 0 Å². The minimum atomic E-state index is -0.386. The van der Waals surface area contributed by atoms with E-state index in [1.165, 1.54) is 4.68 Å². The molecule has 0 saturated heterocycles. The summed E-state index contributed by atoms with van der Waals surface area (Å²) >= 11 is 3.43. The minimum absolute atomic E-state index is 0.0407. The van der Waals surface area contributed by atoms with Crippen molar-refractivity contribution in [2.45, 2.75) is 46.1 Å². The van der Waals surface area contributed by atoms with Crippen LogP contribution in [0.1, 0.15) is 46.0 Å². The van der Waals surface area contributed by atoms with Crippen molar-refractivity contribution in [3.63, 3.8) is 0 Å². The standard InChI is InChI=1S/C23H26BrN3O3/c1-14(2)30-20-15(8-7-9-19(20)29-6)13-25-27-21(28)17-12-16(24)10-11-18(17)26-22(27)23(3,4)5/h7-14H,1-6H3. The van der Waals surface area contributed by atoms with E-state index in [9.17, 15) is 4.79 Å². The van der Waals surface area contributed by atoms with E-state index in [1.807, 2.05) is 65.0 Å². The summed E-state index contributed by atoms with van der Waals surface area (Å²) in [6.45, 7) is 9.90. The SMILES string of the molecule is COc1cccc(C=Nn2c(C(C)(C)C)nc3ccc(Br)cc3c2=O)c1OC(C)C. The second-order valence-corrected chi connectivity index (χ2v) is 9.17. The smallest absolute Gasteiger partial charge is 0.282 e. The van der Waals surface area contributed by atoms with E-state index >= 15 is 0 Å². The summed E-state index contributed by atoms with van der Waals surface area (Å²) in [5.74, 6) is 1.77. The van der Waals surface area contributed by atoms with Crippen LogP contribution in [0.15, 0.2) is 50.8 Å². The summed E-state index contributed by atoms with van der Waals surface area (Å²) in [4.78, 5) is 18.0. The van der Waals surface area contributed by atoms with Gasteiger partial charge in [0.05, 0.1) is 30.3 Å². The zero-order valence-electron chi connectivity index (χ0n) is 18.1. The summed E-state index contributed by atoms with van der Waals surface area (Å²) in [6.07, 6.45) is 1.57. The highest BCUT2D eigenvalue weighted by atomic mass is 79.9. The number of ether oxygens (including phenoxy) is 2. The van der Waals surface area contributed by atoms with Gasteiger partial charge in [0.1, 0.15) is 5.82 Å². The highest BCUT2D eigenvalue weighted by molar-refractivity contribution is 9.10. The average molecular weight is 472 g/mol. The lowest BCUT2D eigenvalue weighted by atomic mass is 9.95. The van der Waals surface area contributed by atoms with Crippen LogP contribution in [0.5, 0.6) is 11.5 Å². The van der Waals surface area contributed by atoms with E-state index in [-0.39, 0.29) is 17.1 Å². The topological polar surface area (TPSA) is 65.7 Å². The number of halogens is 1. The Labute approximate surface area is 184 Å². The van der Waals surface area contributed by atoms with Gasteiger partial charge in [-0.2, -0.15) is 9.78 Å². The van der Waals surface area contributed by atoms with Gasteiger partial charge in [-0.1, -0.05) is 42.8 Å². The Balaban J connectivity index is 2.22. The second kappa shape index (κ2) is 8.60. The molecule has 0 saturated carbocycles. The van der Waals surface area contributed by atoms with Crippen LogP contribution in [0, 0.1) is 0 Å². The molecule has 0 fully saturated rings. The third-order valence-electron chi connectivity index (χ3n) is 4.37. The largest absolute Gasteiger partial charge is 0.493 e. The van der Waals surface area contributed by atoms with Crippen LogP contribution in [-0.4, -0.2) is 29.1 Å². The van der Waals surface area contributed by atoms with Gasteiger partial charge in [-0.05, 0) is 44.2 Å². The molecule has 158 valence electrons. The van der Waals surface area contributed by atoms with Crippen molar-refractivity contribution >= 4 is 33.0 Å². The molecule has 1 aromatic heterocycles. The highest BCUT2D eigenvalue weighted by Gasteiger charge is 2.23. The Hall–Kier alpha value is -2.67. The number of hydrogen-bond donors (Lipinski definition) is 0. The number of rotatable bonds is 5. The first-order chi connectivity index (χ1) is 14.1. The van der Waals surface area contributed by atoms with E-state index in [0.29, 0.717) is 33.8 Å². The van der Waals surface area contributed by atoms with Gasteiger partial charge in [-0.25, -0.2) is 4.98 Å². The summed E-state index contributed by atoms with van der Waals surface area (Å²) in [6, 6.07) is 11.0. The molecular weight excluding hydrogens is 446 g/mol. The van der Waals surface area contributed by atoms with Crippen LogP contribution in [0.2, 0.25) is 0 Å². The summed E-state index contributed by atoms with van der Waals surface area (Å²) in [5.41, 5.74) is 0.745. The molecule has 0 bridgehead atoms. The first-order valence-electron chi connectivity index (χ1n) is 9.72. The van der Waals surface area contributed by atoms with Crippen LogP contribution < -0.4 is 15.0 Å². The first kappa shape index (κ1) is 22.0. The molecule has 0 aliphatic carbocycles. The third kappa shape index (κ3) is 4.56. The number of para-hydroxylation sites is 1. The van der Waals surface area contributed by atoms with Gasteiger partial charge in [0.2, 0.25) is 0 Å². The van der Waals surface area contributed by atoms with Crippen LogP contribution >= 0.6 is 15.9 Å². The van der Waals surface area contributed by atoms with Crippen LogP contribution in [0.25, 0.3) is 10.9 Å². The molecule has 3 aromatic rings. The fourth-order valence-electron chi connectivity index (χ4n) is 3.02. The Morgan fingerprint density at radius 2 is 1.93 bits per heavy atom. The fraction of sp³-hybridized carbons (Fsp3) is 0.348. The lowest BCUT2D eigenvalue weighted by Crippen LogP contribution is -2.29. The van der Waals surface area contributed by atoms with Crippen molar-refractivity contribution in [1.29, 1.82) is 0 Å². The predicted octanol–water partition coefficient (Wildman–Crippen LogP) is 5.13. The molecule has 1 heterocycles. The van der Waals surface area contributed by atoms with Crippen molar-refractivity contribution < 1.29 is 9.47 Å². The van der Waals surface area contributed by atoms with Crippen molar-refractivity contribution in [1.82, 2.24) is 9.66 Å². The molecular formula is C23H26BrN3O3. The van der Waals surface area contributed by atoms with Gasteiger partial charge in [0.25, 0.3) is 5.56 Å². The van der Waals surface area contributed by atoms with Gasteiger partial charge in [0, 0.05) is 15.5 Å². The fourth-order valence-corrected chi connectivity index (χ4v) is 3.38. The molecule has 7 heteroatoms. The summed E-state index contributed by atoms with van der Waals surface area (Å²) in [7, 11) is 1.59. The monoisotopic (exact) mass is 471 g/mol. The quantitative estimate of drug-likeness (QED) is 0.483. The minimum Gasteiger partial charge on any atom is -0.493 e. The van der Waals surface area contributed by atoms with Crippen molar-refractivity contribution in [2.24, 2.45) is 5.10 Å². The molecule has 30 heavy (non-hydrogen) atoms. The molecule has 0 atom stereocenters. The van der Waals surface area contributed by atoms with E-state index in [4.69, 9.17) is 14.5 Å². The normalized spacial score (nSPS) is 12.1. The molecule has 6 nitrogen and oxygen atoms in total. The molecule has 0 unspecified atom stereocenters. The molecule has 0 spiro atoms. The van der Waals surface area contributed by atoms with Crippen molar-refractivity contribution in [2.75, 3.05) is 7.11 Å². The van der Waals surface area contributed by atoms with Crippen molar-refractivity contribution in [3.8, 4) is 11.5 Å². The zero-order valence-corrected chi connectivity index (χ0v) is 19.6. The van der Waals surface area contributed by atoms with Crippen LogP contribution in [0.3, 0.4) is 0 Å². The maximum atomic E-state index is 13.3. The molecule has 0 radical (unpaired) electrons. The lowest BCUT2D eigenvalue weighted by molar-refractivity contribution is 0.230. The molecule has 0 aliphatic rings. The Morgan fingerprint density at radius 1 is 1.20 bits per heavy atom. The number of fused-ring (bicyclic) bond motifs is 1. The van der Waals surface area contributed by atoms with Crippen LogP contribution in [-0.2, 0) is 5.41 Å². The van der Waals surface area contributed by atoms with Gasteiger partial charge in [0.15, 0.2) is 11.5 Å². The summed E-state index contributed by atoms with van der Waals surface area (Å²) in [5, 5.41) is 5.03. The Bertz CT molecular complexity index is 1160. The first-order valence-corrected chi connectivity index (χ1v) is 10.5. The number of hydrogen-bond acceptors (Lipinski definition) is 5. The molecule has 0 amide bonds. The second-order valence-electron chi connectivity index (χ2n) is 8.25. The van der Waals surface area contributed by atoms with Gasteiger partial charge in [-0.3, -0.25) is 4.79 Å². The maximum absolute atomic E-state index is 13.3. The number of aromatic nitrogens is 2. The van der Waals surface area contributed by atoms with E-state index in [1.54, 1.807) is 19.4 Å². The van der Waals surface area contributed by atoms with Gasteiger partial charge < -0.3 is 9.47 Å². The number of nitrogens with zero attached hydrogens (tertiary/aromatic N) is 3. The number of benzene rings is 2. The van der Waals surface area contributed by atoms with E-state index in [2.05, 4.69) is 21.0 Å². The van der Waals surface area contributed by atoms with Crippen molar-refractivity contribution in [3.05, 3.63) is 62.6 Å². The zero-order chi connectivity index (χ0) is 22.1. The van der Waals surface area contributed by atoms with Gasteiger partial charge >= 0.3 is 0 Å². The molecule has 0 N–H and O–H groups in total. The summed E-state index contributed by atoms with van der Waals surface area (Å²) < 4.78 is 13.6. The molecule has 0 aliphatic heterocycles. The highest BCUT2D eigenvalue weighted by Crippen LogP contribution is 2.31. The number of methoxy groups -OCH3 is 1. The van der Waals surface area contributed by atoms with Gasteiger partial charge in [-0.15, -0.1) is 0 Å². The Morgan fingerprint density at radius 3 is 2.57 bits per heavy atom. The lowest BCUT2D eigenvalue weighted by Gasteiger charge is -2.21. The predicted molar refractivity (Wildman–Crippen MR) is 124 cm³/mol. The van der Waals surface area contributed by atoms with E-state index in [0.717, 1.165) is 4.47 Å². The molecule has 3 rings (SSSR count). The Kier molecular flexibility index (Phi) is 6.31. The van der Waals surface area contributed by atoms with E-state index < -0.39 is 0 Å².